The van der Waals surface area contributed by atoms with E-state index in [4.69, 9.17) is 17.0 Å². The number of nitrogens with one attached hydrogen (secondary N) is 2. The van der Waals surface area contributed by atoms with E-state index < -0.39 is 0 Å². The first kappa shape index (κ1) is 23.7. The zero-order valence-electron chi connectivity index (χ0n) is 20.1. The lowest BCUT2D eigenvalue weighted by atomic mass is 10.0. The van der Waals surface area contributed by atoms with E-state index in [0.717, 1.165) is 22.8 Å². The first-order valence-corrected chi connectivity index (χ1v) is 12.1. The summed E-state index contributed by atoms with van der Waals surface area (Å²) in [7, 11) is 1.49. The van der Waals surface area contributed by atoms with E-state index in [0.29, 0.717) is 10.8 Å². The summed E-state index contributed by atoms with van der Waals surface area (Å²) < 4.78 is 7.10. The molecule has 0 radical (unpaired) electrons. The van der Waals surface area contributed by atoms with Gasteiger partial charge in [0.25, 0.3) is 0 Å². The molecule has 4 aromatic rings. The standard InChI is InChI=1S/C28H27N5O2S/c1-19-8-12-21(13-9-19)32-17-5-7-24(32)27-26(23-6-3-4-16-29-23)31-28(36)33(27)22-14-10-20(11-15-22)30-25(34)18-35-2/h3-17,26-27H,18H2,1-2H3,(H,30,34)(H,31,36)/t26-,27-/m0/s1. The number of thiocarbonyl (C=S) groups is 1. The molecule has 1 saturated heterocycles. The molecule has 1 aliphatic rings. The molecule has 2 aromatic carbocycles. The van der Waals surface area contributed by atoms with Crippen LogP contribution in [-0.4, -0.2) is 34.3 Å². The fourth-order valence-corrected chi connectivity index (χ4v) is 4.89. The number of carbonyl (C=O) groups is 1. The molecule has 8 heteroatoms. The van der Waals surface area contributed by atoms with Gasteiger partial charge in [0, 0.05) is 42.3 Å². The predicted octanol–water partition coefficient (Wildman–Crippen LogP) is 4.94. The Labute approximate surface area is 215 Å². The van der Waals surface area contributed by atoms with E-state index in [2.05, 4.69) is 74.6 Å². The minimum Gasteiger partial charge on any atom is -0.375 e. The highest BCUT2D eigenvalue weighted by molar-refractivity contribution is 7.80. The maximum Gasteiger partial charge on any atom is 0.250 e. The molecular weight excluding hydrogens is 470 g/mol. The van der Waals surface area contributed by atoms with E-state index in [9.17, 15) is 4.79 Å². The van der Waals surface area contributed by atoms with Crippen molar-refractivity contribution in [3.63, 3.8) is 0 Å². The van der Waals surface area contributed by atoms with Gasteiger partial charge in [0.2, 0.25) is 5.91 Å². The molecule has 3 heterocycles. The molecule has 0 spiro atoms. The molecule has 1 amide bonds. The summed E-state index contributed by atoms with van der Waals surface area (Å²) in [6.07, 6.45) is 3.87. The molecule has 2 aromatic heterocycles. The Morgan fingerprint density at radius 1 is 1.03 bits per heavy atom. The Hall–Kier alpha value is -4.01. The number of carbonyl (C=O) groups excluding carboxylic acids is 1. The molecule has 182 valence electrons. The van der Waals surface area contributed by atoms with Crippen molar-refractivity contribution in [2.45, 2.75) is 19.0 Å². The Morgan fingerprint density at radius 2 is 1.78 bits per heavy atom. The van der Waals surface area contributed by atoms with Crippen molar-refractivity contribution in [2.24, 2.45) is 0 Å². The number of rotatable bonds is 7. The van der Waals surface area contributed by atoms with Crippen LogP contribution in [0.1, 0.15) is 29.0 Å². The third-order valence-corrected chi connectivity index (χ3v) is 6.51. The van der Waals surface area contributed by atoms with Gasteiger partial charge in [-0.2, -0.15) is 0 Å². The maximum absolute atomic E-state index is 11.9. The van der Waals surface area contributed by atoms with Gasteiger partial charge in [-0.25, -0.2) is 0 Å². The second-order valence-corrected chi connectivity index (χ2v) is 9.05. The first-order chi connectivity index (χ1) is 17.5. The summed E-state index contributed by atoms with van der Waals surface area (Å²) in [5.74, 6) is -0.201. The number of hydrogen-bond donors (Lipinski definition) is 2. The molecule has 0 aliphatic carbocycles. The van der Waals surface area contributed by atoms with Gasteiger partial charge in [0.05, 0.1) is 11.7 Å². The van der Waals surface area contributed by atoms with Gasteiger partial charge in [-0.1, -0.05) is 23.8 Å². The topological polar surface area (TPSA) is 71.4 Å². The van der Waals surface area contributed by atoms with Crippen LogP contribution in [0.15, 0.2) is 91.3 Å². The average Bonchev–Trinajstić information content (AvgIpc) is 3.50. The van der Waals surface area contributed by atoms with Crippen LogP contribution in [0.2, 0.25) is 0 Å². The van der Waals surface area contributed by atoms with Crippen LogP contribution in [0.5, 0.6) is 0 Å². The van der Waals surface area contributed by atoms with E-state index >= 15 is 0 Å². The Morgan fingerprint density at radius 3 is 2.47 bits per heavy atom. The molecular formula is C28H27N5O2S. The van der Waals surface area contributed by atoms with E-state index in [1.165, 1.54) is 12.7 Å². The molecule has 1 aliphatic heterocycles. The monoisotopic (exact) mass is 497 g/mol. The van der Waals surface area contributed by atoms with E-state index in [-0.39, 0.29) is 24.6 Å². The summed E-state index contributed by atoms with van der Waals surface area (Å²) in [6.45, 7) is 2.09. The first-order valence-electron chi connectivity index (χ1n) is 11.7. The van der Waals surface area contributed by atoms with Crippen molar-refractivity contribution in [2.75, 3.05) is 23.9 Å². The highest BCUT2D eigenvalue weighted by atomic mass is 32.1. The molecule has 2 N–H and O–H groups in total. The molecule has 0 unspecified atom stereocenters. The number of nitrogens with zero attached hydrogens (tertiary/aromatic N) is 3. The summed E-state index contributed by atoms with van der Waals surface area (Å²) >= 11 is 5.86. The Balaban J connectivity index is 1.55. The minimum atomic E-state index is -0.201. The molecule has 36 heavy (non-hydrogen) atoms. The zero-order chi connectivity index (χ0) is 25.1. The van der Waals surface area contributed by atoms with Gasteiger partial charge >= 0.3 is 0 Å². The van der Waals surface area contributed by atoms with Crippen LogP contribution in [-0.2, 0) is 9.53 Å². The number of pyridine rings is 1. The van der Waals surface area contributed by atoms with Gasteiger partial charge in [-0.15, -0.1) is 0 Å². The number of aryl methyl sites for hydroxylation is 1. The quantitative estimate of drug-likeness (QED) is 0.353. The average molecular weight is 498 g/mol. The van der Waals surface area contributed by atoms with Crippen molar-refractivity contribution in [3.05, 3.63) is 108 Å². The molecule has 2 atom stereocenters. The van der Waals surface area contributed by atoms with Gasteiger partial charge in [0.15, 0.2) is 5.11 Å². The molecule has 0 saturated carbocycles. The van der Waals surface area contributed by atoms with Crippen LogP contribution in [0.3, 0.4) is 0 Å². The summed E-state index contributed by atoms with van der Waals surface area (Å²) in [5.41, 5.74) is 5.89. The molecule has 5 rings (SSSR count). The van der Waals surface area contributed by atoms with Crippen LogP contribution >= 0.6 is 12.2 Å². The lowest BCUT2D eigenvalue weighted by Gasteiger charge is -2.29. The van der Waals surface area contributed by atoms with Crippen molar-refractivity contribution in [1.29, 1.82) is 0 Å². The molecule has 0 bridgehead atoms. The fourth-order valence-electron chi connectivity index (χ4n) is 4.54. The smallest absolute Gasteiger partial charge is 0.250 e. The number of amides is 1. The van der Waals surface area contributed by atoms with Crippen molar-refractivity contribution in [1.82, 2.24) is 14.9 Å². The predicted molar refractivity (Wildman–Crippen MR) is 145 cm³/mol. The second kappa shape index (κ2) is 10.3. The van der Waals surface area contributed by atoms with Gasteiger partial charge < -0.3 is 24.8 Å². The number of ether oxygens (including phenoxy) is 1. The number of methoxy groups -OCH3 is 1. The lowest BCUT2D eigenvalue weighted by molar-refractivity contribution is -0.119. The Bertz CT molecular complexity index is 1350. The number of hydrogen-bond acceptors (Lipinski definition) is 4. The molecule has 7 nitrogen and oxygen atoms in total. The van der Waals surface area contributed by atoms with Crippen molar-refractivity contribution < 1.29 is 9.53 Å². The second-order valence-electron chi connectivity index (χ2n) is 8.66. The van der Waals surface area contributed by atoms with Crippen LogP contribution in [0.4, 0.5) is 11.4 Å². The highest BCUT2D eigenvalue weighted by Crippen LogP contribution is 2.42. The van der Waals surface area contributed by atoms with Crippen LogP contribution in [0.25, 0.3) is 5.69 Å². The van der Waals surface area contributed by atoms with Gasteiger partial charge in [-0.3, -0.25) is 9.78 Å². The van der Waals surface area contributed by atoms with Crippen molar-refractivity contribution in [3.8, 4) is 5.69 Å². The zero-order valence-corrected chi connectivity index (χ0v) is 20.9. The summed E-state index contributed by atoms with van der Waals surface area (Å²) in [5, 5.41) is 6.95. The van der Waals surface area contributed by atoms with Crippen LogP contribution in [0, 0.1) is 6.92 Å². The molecule has 1 fully saturated rings. The summed E-state index contributed by atoms with van der Waals surface area (Å²) in [6, 6.07) is 25.9. The third kappa shape index (κ3) is 4.73. The lowest BCUT2D eigenvalue weighted by Crippen LogP contribution is -2.30. The fraction of sp³-hybridized carbons (Fsp3) is 0.179. The SMILES string of the molecule is COCC(=O)Nc1ccc(N2C(=S)N[C@@H](c3ccccn3)[C@@H]2c2cccn2-c2ccc(C)cc2)cc1. The van der Waals surface area contributed by atoms with Crippen molar-refractivity contribution >= 4 is 34.6 Å². The number of aromatic nitrogens is 2. The third-order valence-electron chi connectivity index (χ3n) is 6.20. The van der Waals surface area contributed by atoms with Gasteiger partial charge in [-0.05, 0) is 79.8 Å². The normalized spacial score (nSPS) is 17.2. The number of benzene rings is 2. The van der Waals surface area contributed by atoms with E-state index in [1.807, 2.05) is 42.5 Å². The van der Waals surface area contributed by atoms with Gasteiger partial charge in [0.1, 0.15) is 12.6 Å². The minimum absolute atomic E-state index is 0.00567. The summed E-state index contributed by atoms with van der Waals surface area (Å²) in [4.78, 5) is 18.7. The largest absolute Gasteiger partial charge is 0.375 e. The van der Waals surface area contributed by atoms with Crippen LogP contribution < -0.4 is 15.5 Å². The Kier molecular flexibility index (Phi) is 6.79. The van der Waals surface area contributed by atoms with E-state index in [1.54, 1.807) is 6.20 Å². The number of anilines is 2. The maximum atomic E-state index is 11.9. The highest BCUT2D eigenvalue weighted by Gasteiger charge is 2.42.